The van der Waals surface area contributed by atoms with Gasteiger partial charge in [0, 0.05) is 13.1 Å². The van der Waals surface area contributed by atoms with Crippen LogP contribution in [0, 0.1) is 0 Å². The van der Waals surface area contributed by atoms with Crippen LogP contribution < -0.4 is 5.73 Å². The first-order valence-corrected chi connectivity index (χ1v) is 5.68. The van der Waals surface area contributed by atoms with Gasteiger partial charge in [0.15, 0.2) is 0 Å². The van der Waals surface area contributed by atoms with Gasteiger partial charge in [0.05, 0.1) is 16.3 Å². The molecule has 1 unspecified atom stereocenters. The lowest BCUT2D eigenvalue weighted by Gasteiger charge is -2.24. The SMILES string of the molecule is CCC(C)N(C)C(=O)c1cccc(Cl)c1N. The van der Waals surface area contributed by atoms with Gasteiger partial charge in [-0.05, 0) is 25.5 Å². The van der Waals surface area contributed by atoms with E-state index in [1.807, 2.05) is 13.8 Å². The molecule has 16 heavy (non-hydrogen) atoms. The van der Waals surface area contributed by atoms with Gasteiger partial charge in [-0.3, -0.25) is 4.79 Å². The molecule has 88 valence electrons. The van der Waals surface area contributed by atoms with Crippen molar-refractivity contribution < 1.29 is 4.79 Å². The molecular formula is C12H17ClN2O. The van der Waals surface area contributed by atoms with Gasteiger partial charge in [-0.2, -0.15) is 0 Å². The largest absolute Gasteiger partial charge is 0.397 e. The first-order chi connectivity index (χ1) is 7.49. The van der Waals surface area contributed by atoms with Crippen LogP contribution in [0.2, 0.25) is 5.02 Å². The standard InChI is InChI=1S/C12H17ClN2O/c1-4-8(2)15(3)12(16)9-6-5-7-10(13)11(9)14/h5-8H,4,14H2,1-3H3. The van der Waals surface area contributed by atoms with Crippen LogP contribution in [-0.2, 0) is 0 Å². The first-order valence-electron chi connectivity index (χ1n) is 5.30. The van der Waals surface area contributed by atoms with Crippen LogP contribution in [0.25, 0.3) is 0 Å². The quantitative estimate of drug-likeness (QED) is 0.826. The van der Waals surface area contributed by atoms with Crippen LogP contribution in [0.5, 0.6) is 0 Å². The highest BCUT2D eigenvalue weighted by Gasteiger charge is 2.19. The summed E-state index contributed by atoms with van der Waals surface area (Å²) in [5.41, 5.74) is 6.60. The molecule has 1 atom stereocenters. The number of carbonyl (C=O) groups is 1. The topological polar surface area (TPSA) is 46.3 Å². The molecule has 0 radical (unpaired) electrons. The number of amides is 1. The normalized spacial score (nSPS) is 12.2. The minimum absolute atomic E-state index is 0.0886. The molecule has 0 aliphatic rings. The fourth-order valence-corrected chi connectivity index (χ4v) is 1.56. The molecular weight excluding hydrogens is 224 g/mol. The maximum atomic E-state index is 12.1. The number of hydrogen-bond acceptors (Lipinski definition) is 2. The second-order valence-electron chi connectivity index (χ2n) is 3.87. The average Bonchev–Trinajstić information content (AvgIpc) is 2.29. The number of halogens is 1. The third-order valence-electron chi connectivity index (χ3n) is 2.86. The molecule has 4 heteroatoms. The maximum Gasteiger partial charge on any atom is 0.255 e. The number of nitrogens with two attached hydrogens (primary N) is 1. The Bertz CT molecular complexity index is 393. The molecule has 0 saturated carbocycles. The lowest BCUT2D eigenvalue weighted by molar-refractivity contribution is 0.0741. The zero-order valence-corrected chi connectivity index (χ0v) is 10.6. The third-order valence-corrected chi connectivity index (χ3v) is 3.19. The monoisotopic (exact) mass is 240 g/mol. The molecule has 2 N–H and O–H groups in total. The molecule has 3 nitrogen and oxygen atoms in total. The summed E-state index contributed by atoms with van der Waals surface area (Å²) >= 11 is 5.88. The third kappa shape index (κ3) is 2.47. The van der Waals surface area contributed by atoms with E-state index in [0.29, 0.717) is 16.3 Å². The molecule has 0 aromatic heterocycles. The molecule has 0 spiro atoms. The Morgan fingerprint density at radius 1 is 1.56 bits per heavy atom. The van der Waals surface area contributed by atoms with E-state index >= 15 is 0 Å². The first kappa shape index (κ1) is 12.8. The van der Waals surface area contributed by atoms with E-state index in [9.17, 15) is 4.79 Å². The van der Waals surface area contributed by atoms with Crippen LogP contribution in [-0.4, -0.2) is 23.9 Å². The highest BCUT2D eigenvalue weighted by Crippen LogP contribution is 2.23. The van der Waals surface area contributed by atoms with Gasteiger partial charge in [-0.15, -0.1) is 0 Å². The molecule has 0 aliphatic carbocycles. The zero-order valence-electron chi connectivity index (χ0n) is 9.83. The Labute approximate surface area is 101 Å². The second-order valence-corrected chi connectivity index (χ2v) is 4.28. The average molecular weight is 241 g/mol. The van der Waals surface area contributed by atoms with Gasteiger partial charge in [0.2, 0.25) is 0 Å². The van der Waals surface area contributed by atoms with Crippen LogP contribution >= 0.6 is 11.6 Å². The van der Waals surface area contributed by atoms with Gasteiger partial charge in [0.1, 0.15) is 0 Å². The summed E-state index contributed by atoms with van der Waals surface area (Å²) in [6, 6.07) is 5.29. The fraction of sp³-hybridized carbons (Fsp3) is 0.417. The lowest BCUT2D eigenvalue weighted by atomic mass is 10.1. The van der Waals surface area contributed by atoms with Crippen LogP contribution in [0.1, 0.15) is 30.6 Å². The summed E-state index contributed by atoms with van der Waals surface area (Å²) in [6.07, 6.45) is 0.905. The number of nitrogen functional groups attached to an aromatic ring is 1. The molecule has 1 aromatic carbocycles. The molecule has 0 fully saturated rings. The summed E-state index contributed by atoms with van der Waals surface area (Å²) in [4.78, 5) is 13.8. The van der Waals surface area contributed by atoms with Crippen molar-refractivity contribution in [2.24, 2.45) is 0 Å². The van der Waals surface area contributed by atoms with E-state index in [1.165, 1.54) is 0 Å². The Morgan fingerprint density at radius 3 is 2.75 bits per heavy atom. The number of hydrogen-bond donors (Lipinski definition) is 1. The maximum absolute atomic E-state index is 12.1. The second kappa shape index (κ2) is 5.21. The van der Waals surface area contributed by atoms with E-state index in [2.05, 4.69) is 0 Å². The molecule has 0 aliphatic heterocycles. The van der Waals surface area contributed by atoms with Crippen molar-refractivity contribution >= 4 is 23.2 Å². The van der Waals surface area contributed by atoms with E-state index in [-0.39, 0.29) is 11.9 Å². The number of anilines is 1. The highest BCUT2D eigenvalue weighted by atomic mass is 35.5. The Morgan fingerprint density at radius 2 is 2.19 bits per heavy atom. The van der Waals surface area contributed by atoms with Crippen molar-refractivity contribution in [3.63, 3.8) is 0 Å². The summed E-state index contributed by atoms with van der Waals surface area (Å²) < 4.78 is 0. The number of benzene rings is 1. The van der Waals surface area contributed by atoms with Crippen molar-refractivity contribution in [1.82, 2.24) is 4.90 Å². The molecule has 1 rings (SSSR count). The van der Waals surface area contributed by atoms with E-state index in [0.717, 1.165) is 6.42 Å². The minimum atomic E-state index is -0.0886. The minimum Gasteiger partial charge on any atom is -0.397 e. The Kier molecular flexibility index (Phi) is 4.19. The smallest absolute Gasteiger partial charge is 0.255 e. The van der Waals surface area contributed by atoms with Crippen LogP contribution in [0.4, 0.5) is 5.69 Å². The van der Waals surface area contributed by atoms with E-state index < -0.39 is 0 Å². The van der Waals surface area contributed by atoms with Gasteiger partial charge in [0.25, 0.3) is 5.91 Å². The summed E-state index contributed by atoms with van der Waals surface area (Å²) in [5.74, 6) is -0.0886. The summed E-state index contributed by atoms with van der Waals surface area (Å²) in [5, 5.41) is 0.420. The van der Waals surface area contributed by atoms with Crippen molar-refractivity contribution in [1.29, 1.82) is 0 Å². The zero-order chi connectivity index (χ0) is 12.3. The van der Waals surface area contributed by atoms with Gasteiger partial charge >= 0.3 is 0 Å². The number of nitrogens with zero attached hydrogens (tertiary/aromatic N) is 1. The fourth-order valence-electron chi connectivity index (χ4n) is 1.39. The number of carbonyl (C=O) groups excluding carboxylic acids is 1. The van der Waals surface area contributed by atoms with Crippen molar-refractivity contribution in [2.45, 2.75) is 26.3 Å². The van der Waals surface area contributed by atoms with E-state index in [4.69, 9.17) is 17.3 Å². The van der Waals surface area contributed by atoms with Crippen molar-refractivity contribution in [3.05, 3.63) is 28.8 Å². The highest BCUT2D eigenvalue weighted by molar-refractivity contribution is 6.33. The predicted molar refractivity (Wildman–Crippen MR) is 67.7 cm³/mol. The van der Waals surface area contributed by atoms with Crippen LogP contribution in [0.15, 0.2) is 18.2 Å². The van der Waals surface area contributed by atoms with Crippen molar-refractivity contribution in [2.75, 3.05) is 12.8 Å². The van der Waals surface area contributed by atoms with Gasteiger partial charge in [-0.1, -0.05) is 24.6 Å². The lowest BCUT2D eigenvalue weighted by Crippen LogP contribution is -2.35. The van der Waals surface area contributed by atoms with Gasteiger partial charge in [-0.25, -0.2) is 0 Å². The van der Waals surface area contributed by atoms with Crippen LogP contribution in [0.3, 0.4) is 0 Å². The Hall–Kier alpha value is -1.22. The molecule has 1 aromatic rings. The summed E-state index contributed by atoms with van der Waals surface area (Å²) in [6.45, 7) is 4.04. The number of rotatable bonds is 3. The van der Waals surface area contributed by atoms with E-state index in [1.54, 1.807) is 30.1 Å². The summed E-state index contributed by atoms with van der Waals surface area (Å²) in [7, 11) is 1.77. The Balaban J connectivity index is 3.01. The molecule has 0 bridgehead atoms. The molecule has 0 heterocycles. The number of para-hydroxylation sites is 1. The molecule has 0 saturated heterocycles. The van der Waals surface area contributed by atoms with Gasteiger partial charge < -0.3 is 10.6 Å². The molecule has 1 amide bonds. The predicted octanol–water partition coefficient (Wildman–Crippen LogP) is 2.79. The van der Waals surface area contributed by atoms with Crippen molar-refractivity contribution in [3.8, 4) is 0 Å².